The van der Waals surface area contributed by atoms with E-state index in [0.29, 0.717) is 10.0 Å². The lowest BCUT2D eigenvalue weighted by molar-refractivity contribution is 1.10. The summed E-state index contributed by atoms with van der Waals surface area (Å²) in [6.45, 7) is 0. The van der Waals surface area contributed by atoms with E-state index in [0.717, 1.165) is 14.8 Å². The molecule has 0 aliphatic heterocycles. The number of nitrogens with zero attached hydrogens (tertiary/aromatic N) is 1. The number of benzene rings is 1. The van der Waals surface area contributed by atoms with Gasteiger partial charge in [-0.05, 0) is 28.7 Å². The molecule has 0 unspecified atom stereocenters. The average molecular weight is 339 g/mol. The van der Waals surface area contributed by atoms with Crippen LogP contribution in [0.1, 0.15) is 0 Å². The van der Waals surface area contributed by atoms with Crippen molar-refractivity contribution in [1.82, 2.24) is 10.2 Å². The van der Waals surface area contributed by atoms with Gasteiger partial charge in [-0.3, -0.25) is 5.10 Å². The molecule has 0 bridgehead atoms. The van der Waals surface area contributed by atoms with Gasteiger partial charge in [0, 0.05) is 5.56 Å². The number of hydrogen-bond donors (Lipinski definition) is 1. The quantitative estimate of drug-likeness (QED) is 0.782. The van der Waals surface area contributed by atoms with Crippen LogP contribution in [0, 0.1) is 3.57 Å². The Kier molecular flexibility index (Phi) is 2.99. The Bertz CT molecular complexity index is 468. The smallest absolute Gasteiger partial charge is 0.0799 e. The summed E-state index contributed by atoms with van der Waals surface area (Å²) in [6.07, 6.45) is 1.74. The molecule has 0 aliphatic rings. The van der Waals surface area contributed by atoms with E-state index < -0.39 is 0 Å². The maximum atomic E-state index is 6.07. The molecule has 72 valence electrons. The zero-order valence-corrected chi connectivity index (χ0v) is 10.6. The number of nitrogens with one attached hydrogen (secondary N) is 1. The first-order chi connectivity index (χ1) is 6.70. The molecule has 0 radical (unpaired) electrons. The Morgan fingerprint density at radius 2 is 2.07 bits per heavy atom. The molecule has 0 spiro atoms. The van der Waals surface area contributed by atoms with Crippen molar-refractivity contribution in [3.8, 4) is 11.3 Å². The summed E-state index contributed by atoms with van der Waals surface area (Å²) in [7, 11) is 0. The second-order valence-corrected chi connectivity index (χ2v) is 4.64. The third-order valence-corrected chi connectivity index (χ3v) is 3.45. The number of rotatable bonds is 1. The first-order valence-corrected chi connectivity index (χ1v) is 5.67. The van der Waals surface area contributed by atoms with E-state index in [1.807, 2.05) is 12.1 Å². The minimum Gasteiger partial charge on any atom is -0.277 e. The largest absolute Gasteiger partial charge is 0.277 e. The van der Waals surface area contributed by atoms with Crippen molar-refractivity contribution in [3.05, 3.63) is 38.0 Å². The summed E-state index contributed by atoms with van der Waals surface area (Å²) in [5, 5.41) is 7.93. The van der Waals surface area contributed by atoms with Crippen molar-refractivity contribution in [2.75, 3.05) is 0 Å². The Labute approximate surface area is 105 Å². The Morgan fingerprint density at radius 1 is 1.29 bits per heavy atom. The van der Waals surface area contributed by atoms with Crippen LogP contribution in [0.15, 0.2) is 24.4 Å². The topological polar surface area (TPSA) is 28.7 Å². The van der Waals surface area contributed by atoms with Crippen LogP contribution in [0.25, 0.3) is 11.3 Å². The molecule has 2 rings (SSSR count). The molecule has 1 N–H and O–H groups in total. The van der Waals surface area contributed by atoms with Gasteiger partial charge in [-0.1, -0.05) is 35.3 Å². The van der Waals surface area contributed by atoms with Crippen LogP contribution in [-0.4, -0.2) is 10.2 Å². The van der Waals surface area contributed by atoms with Gasteiger partial charge in [0.25, 0.3) is 0 Å². The van der Waals surface area contributed by atoms with Crippen LogP contribution in [0.5, 0.6) is 0 Å². The minimum absolute atomic E-state index is 0.551. The van der Waals surface area contributed by atoms with Gasteiger partial charge in [-0.15, -0.1) is 0 Å². The van der Waals surface area contributed by atoms with E-state index in [-0.39, 0.29) is 0 Å². The van der Waals surface area contributed by atoms with E-state index in [2.05, 4.69) is 32.8 Å². The van der Waals surface area contributed by atoms with Crippen molar-refractivity contribution in [2.45, 2.75) is 0 Å². The summed E-state index contributed by atoms with van der Waals surface area (Å²) in [5.74, 6) is 0. The van der Waals surface area contributed by atoms with Crippen molar-refractivity contribution >= 4 is 45.8 Å². The zero-order valence-electron chi connectivity index (χ0n) is 6.89. The van der Waals surface area contributed by atoms with Gasteiger partial charge in [0.05, 0.1) is 25.5 Å². The second-order valence-electron chi connectivity index (χ2n) is 2.69. The highest BCUT2D eigenvalue weighted by Crippen LogP contribution is 2.34. The minimum atomic E-state index is 0.551. The normalized spacial score (nSPS) is 10.5. The fraction of sp³-hybridized carbons (Fsp3) is 0. The monoisotopic (exact) mass is 338 g/mol. The molecule has 0 atom stereocenters. The van der Waals surface area contributed by atoms with Crippen molar-refractivity contribution in [3.63, 3.8) is 0 Å². The van der Waals surface area contributed by atoms with Crippen LogP contribution < -0.4 is 0 Å². The van der Waals surface area contributed by atoms with Crippen molar-refractivity contribution in [2.24, 2.45) is 0 Å². The lowest BCUT2D eigenvalue weighted by atomic mass is 10.1. The summed E-state index contributed by atoms with van der Waals surface area (Å²) in [6, 6.07) is 5.53. The number of aromatic nitrogens is 2. The average Bonchev–Trinajstić information content (AvgIpc) is 2.57. The fourth-order valence-electron chi connectivity index (χ4n) is 1.16. The second kappa shape index (κ2) is 4.08. The number of H-pyrrole nitrogens is 1. The van der Waals surface area contributed by atoms with Crippen molar-refractivity contribution < 1.29 is 0 Å². The van der Waals surface area contributed by atoms with Gasteiger partial charge in [-0.25, -0.2) is 0 Å². The molecule has 0 aliphatic carbocycles. The van der Waals surface area contributed by atoms with Gasteiger partial charge in [0.15, 0.2) is 0 Å². The summed E-state index contributed by atoms with van der Waals surface area (Å²) < 4.78 is 1.02. The Balaban J connectivity index is 2.63. The van der Waals surface area contributed by atoms with Crippen LogP contribution >= 0.6 is 45.8 Å². The Morgan fingerprint density at radius 3 is 2.71 bits per heavy atom. The maximum Gasteiger partial charge on any atom is 0.0799 e. The van der Waals surface area contributed by atoms with E-state index in [1.54, 1.807) is 12.3 Å². The SMILES string of the molecule is Clc1cccc(-c2[nH]ncc2I)c1Cl. The highest BCUT2D eigenvalue weighted by atomic mass is 127. The lowest BCUT2D eigenvalue weighted by Gasteiger charge is -2.03. The van der Waals surface area contributed by atoms with Gasteiger partial charge in [0.1, 0.15) is 0 Å². The van der Waals surface area contributed by atoms with E-state index >= 15 is 0 Å². The molecule has 14 heavy (non-hydrogen) atoms. The van der Waals surface area contributed by atoms with Crippen LogP contribution in [0.4, 0.5) is 0 Å². The molecule has 1 aromatic heterocycles. The molecule has 5 heteroatoms. The van der Waals surface area contributed by atoms with E-state index in [1.165, 1.54) is 0 Å². The molecule has 1 aromatic carbocycles. The van der Waals surface area contributed by atoms with Gasteiger partial charge < -0.3 is 0 Å². The Hall–Kier alpha value is -0.260. The fourth-order valence-corrected chi connectivity index (χ4v) is 2.10. The standard InChI is InChI=1S/C9H5Cl2IN2/c10-6-3-1-2-5(8(6)11)9-7(12)4-13-14-9/h1-4H,(H,13,14). The zero-order chi connectivity index (χ0) is 10.1. The molecule has 0 fully saturated rings. The van der Waals surface area contributed by atoms with Crippen molar-refractivity contribution in [1.29, 1.82) is 0 Å². The molecule has 0 saturated heterocycles. The number of halogens is 3. The summed E-state index contributed by atoms with van der Waals surface area (Å²) >= 11 is 14.2. The predicted octanol–water partition coefficient (Wildman–Crippen LogP) is 3.99. The van der Waals surface area contributed by atoms with Gasteiger partial charge >= 0.3 is 0 Å². The highest BCUT2D eigenvalue weighted by Gasteiger charge is 2.10. The van der Waals surface area contributed by atoms with E-state index in [9.17, 15) is 0 Å². The van der Waals surface area contributed by atoms with Crippen LogP contribution in [0.3, 0.4) is 0 Å². The molecule has 0 amide bonds. The molecular weight excluding hydrogens is 334 g/mol. The predicted molar refractivity (Wildman–Crippen MR) is 66.8 cm³/mol. The third kappa shape index (κ3) is 1.76. The van der Waals surface area contributed by atoms with E-state index in [4.69, 9.17) is 23.2 Å². The molecular formula is C9H5Cl2IN2. The van der Waals surface area contributed by atoms with Crippen LogP contribution in [0.2, 0.25) is 10.0 Å². The first-order valence-electron chi connectivity index (χ1n) is 3.83. The molecule has 0 saturated carbocycles. The molecule has 2 nitrogen and oxygen atoms in total. The molecule has 2 aromatic rings. The van der Waals surface area contributed by atoms with Gasteiger partial charge in [-0.2, -0.15) is 5.10 Å². The summed E-state index contributed by atoms with van der Waals surface area (Å²) in [4.78, 5) is 0. The summed E-state index contributed by atoms with van der Waals surface area (Å²) in [5.41, 5.74) is 1.78. The number of hydrogen-bond acceptors (Lipinski definition) is 1. The molecule has 1 heterocycles. The number of aromatic amines is 1. The highest BCUT2D eigenvalue weighted by molar-refractivity contribution is 14.1. The lowest BCUT2D eigenvalue weighted by Crippen LogP contribution is -1.83. The first kappa shape index (κ1) is 10.3. The maximum absolute atomic E-state index is 6.07. The van der Waals surface area contributed by atoms with Gasteiger partial charge in [0.2, 0.25) is 0 Å². The third-order valence-electron chi connectivity index (χ3n) is 1.81. The van der Waals surface area contributed by atoms with Crippen LogP contribution in [-0.2, 0) is 0 Å².